The largest absolute Gasteiger partial charge is 0.493 e. The molecular weight excluding hydrogens is 294 g/mol. The Morgan fingerprint density at radius 1 is 1.09 bits per heavy atom. The highest BCUT2D eigenvalue weighted by molar-refractivity contribution is 6.06. The number of fused-ring (bicyclic) bond motifs is 1. The fourth-order valence-corrected chi connectivity index (χ4v) is 3.17. The number of Topliss-reactive ketones (excluding diaryl/α,β-unsaturated/α-hetero) is 1. The molecule has 0 aliphatic heterocycles. The molecule has 0 spiro atoms. The second-order valence-corrected chi connectivity index (χ2v) is 5.50. The van der Waals surface area contributed by atoms with Crippen molar-refractivity contribution >= 4 is 5.78 Å². The molecule has 0 radical (unpaired) electrons. The van der Waals surface area contributed by atoms with Gasteiger partial charge in [-0.2, -0.15) is 0 Å². The van der Waals surface area contributed by atoms with Gasteiger partial charge in [0.15, 0.2) is 17.3 Å². The SMILES string of the molecule is COc1cc2c(c(OC)c1OC)C(=O)C(Cc1ccncc1)C2. The molecule has 0 N–H and O–H groups in total. The van der Waals surface area contributed by atoms with Crippen LogP contribution in [0.4, 0.5) is 0 Å². The summed E-state index contributed by atoms with van der Waals surface area (Å²) in [7, 11) is 4.66. The Bertz CT molecular complexity index is 728. The first-order chi connectivity index (χ1) is 11.2. The highest BCUT2D eigenvalue weighted by Crippen LogP contribution is 2.46. The van der Waals surface area contributed by atoms with Gasteiger partial charge < -0.3 is 14.2 Å². The summed E-state index contributed by atoms with van der Waals surface area (Å²) in [5, 5.41) is 0. The van der Waals surface area contributed by atoms with E-state index >= 15 is 0 Å². The summed E-state index contributed by atoms with van der Waals surface area (Å²) < 4.78 is 16.2. The predicted octanol–water partition coefficient (Wildman–Crippen LogP) is 2.71. The first-order valence-electron chi connectivity index (χ1n) is 7.44. The minimum Gasteiger partial charge on any atom is -0.493 e. The van der Waals surface area contributed by atoms with E-state index in [-0.39, 0.29) is 11.7 Å². The maximum atomic E-state index is 12.9. The molecule has 0 bridgehead atoms. The van der Waals surface area contributed by atoms with E-state index in [1.54, 1.807) is 33.7 Å². The Morgan fingerprint density at radius 3 is 2.39 bits per heavy atom. The van der Waals surface area contributed by atoms with Crippen molar-refractivity contribution in [3.63, 3.8) is 0 Å². The molecule has 5 nitrogen and oxygen atoms in total. The molecule has 1 aliphatic rings. The number of carbonyl (C=O) groups excluding carboxylic acids is 1. The predicted molar refractivity (Wildman–Crippen MR) is 85.6 cm³/mol. The topological polar surface area (TPSA) is 57.7 Å². The van der Waals surface area contributed by atoms with Gasteiger partial charge in [-0.25, -0.2) is 0 Å². The average molecular weight is 313 g/mol. The molecular formula is C18H19NO4. The fourth-order valence-electron chi connectivity index (χ4n) is 3.17. The molecule has 2 aromatic rings. The zero-order valence-electron chi connectivity index (χ0n) is 13.5. The quantitative estimate of drug-likeness (QED) is 0.849. The van der Waals surface area contributed by atoms with Gasteiger partial charge in [0.25, 0.3) is 0 Å². The van der Waals surface area contributed by atoms with Crippen LogP contribution in [-0.2, 0) is 12.8 Å². The second-order valence-electron chi connectivity index (χ2n) is 5.50. The molecule has 0 saturated heterocycles. The number of carbonyl (C=O) groups is 1. The summed E-state index contributed by atoms with van der Waals surface area (Å²) in [6.45, 7) is 0. The van der Waals surface area contributed by atoms with Crippen molar-refractivity contribution in [2.24, 2.45) is 5.92 Å². The maximum absolute atomic E-state index is 12.9. The summed E-state index contributed by atoms with van der Waals surface area (Å²) in [5.41, 5.74) is 2.66. The Balaban J connectivity index is 1.99. The van der Waals surface area contributed by atoms with Crippen LogP contribution in [-0.4, -0.2) is 32.1 Å². The monoisotopic (exact) mass is 313 g/mol. The van der Waals surface area contributed by atoms with Gasteiger partial charge in [-0.15, -0.1) is 0 Å². The van der Waals surface area contributed by atoms with Crippen LogP contribution in [0.5, 0.6) is 17.2 Å². The number of pyridine rings is 1. The first kappa shape index (κ1) is 15.3. The van der Waals surface area contributed by atoms with Crippen molar-refractivity contribution in [1.29, 1.82) is 0 Å². The summed E-state index contributed by atoms with van der Waals surface area (Å²) in [6.07, 6.45) is 4.85. The molecule has 1 aromatic carbocycles. The molecule has 1 unspecified atom stereocenters. The average Bonchev–Trinajstić information content (AvgIpc) is 2.89. The van der Waals surface area contributed by atoms with Crippen molar-refractivity contribution in [3.8, 4) is 17.2 Å². The standard InChI is InChI=1S/C18H19NO4/c1-21-14-10-12-9-13(8-11-4-6-19-7-5-11)16(20)15(12)18(23-3)17(14)22-2/h4-7,10,13H,8-9H2,1-3H3. The summed E-state index contributed by atoms with van der Waals surface area (Å²) in [5.74, 6) is 1.50. The van der Waals surface area contributed by atoms with Crippen molar-refractivity contribution in [3.05, 3.63) is 47.3 Å². The number of aromatic nitrogens is 1. The third-order valence-corrected chi connectivity index (χ3v) is 4.23. The lowest BCUT2D eigenvalue weighted by Crippen LogP contribution is -2.13. The third kappa shape index (κ3) is 2.63. The summed E-state index contributed by atoms with van der Waals surface area (Å²) >= 11 is 0. The number of ketones is 1. The Morgan fingerprint density at radius 2 is 1.78 bits per heavy atom. The van der Waals surface area contributed by atoms with Crippen LogP contribution in [0.1, 0.15) is 21.5 Å². The molecule has 0 fully saturated rings. The van der Waals surface area contributed by atoms with Gasteiger partial charge in [-0.1, -0.05) is 0 Å². The van der Waals surface area contributed by atoms with Gasteiger partial charge in [0, 0.05) is 18.3 Å². The summed E-state index contributed by atoms with van der Waals surface area (Å²) in [6, 6.07) is 5.75. The number of methoxy groups -OCH3 is 3. The molecule has 23 heavy (non-hydrogen) atoms. The van der Waals surface area contributed by atoms with Crippen LogP contribution in [0.3, 0.4) is 0 Å². The number of nitrogens with zero attached hydrogens (tertiary/aromatic N) is 1. The van der Waals surface area contributed by atoms with E-state index in [2.05, 4.69) is 4.98 Å². The van der Waals surface area contributed by atoms with Gasteiger partial charge in [0.2, 0.25) is 5.75 Å². The summed E-state index contributed by atoms with van der Waals surface area (Å²) in [4.78, 5) is 16.9. The molecule has 1 aromatic heterocycles. The number of hydrogen-bond donors (Lipinski definition) is 0. The van der Waals surface area contributed by atoms with Crippen LogP contribution in [0.2, 0.25) is 0 Å². The minimum atomic E-state index is -0.0990. The van der Waals surface area contributed by atoms with Crippen molar-refractivity contribution < 1.29 is 19.0 Å². The number of benzene rings is 1. The molecule has 1 aliphatic carbocycles. The Kier molecular flexibility index (Phi) is 4.19. The molecule has 5 heteroatoms. The van der Waals surface area contributed by atoms with Gasteiger partial charge in [-0.3, -0.25) is 9.78 Å². The Hall–Kier alpha value is -2.56. The third-order valence-electron chi connectivity index (χ3n) is 4.23. The van der Waals surface area contributed by atoms with Crippen LogP contribution in [0.15, 0.2) is 30.6 Å². The molecule has 0 amide bonds. The van der Waals surface area contributed by atoms with Gasteiger partial charge in [0.1, 0.15) is 0 Å². The van der Waals surface area contributed by atoms with E-state index in [1.165, 1.54) is 0 Å². The minimum absolute atomic E-state index is 0.0922. The van der Waals surface area contributed by atoms with E-state index in [1.807, 2.05) is 18.2 Å². The number of ether oxygens (including phenoxy) is 3. The first-order valence-corrected chi connectivity index (χ1v) is 7.44. The smallest absolute Gasteiger partial charge is 0.204 e. The van der Waals surface area contributed by atoms with Crippen LogP contribution in [0, 0.1) is 5.92 Å². The molecule has 3 rings (SSSR count). The number of rotatable bonds is 5. The van der Waals surface area contributed by atoms with Crippen molar-refractivity contribution in [2.45, 2.75) is 12.8 Å². The van der Waals surface area contributed by atoms with Gasteiger partial charge >= 0.3 is 0 Å². The van der Waals surface area contributed by atoms with Crippen LogP contribution >= 0.6 is 0 Å². The lowest BCUT2D eigenvalue weighted by Gasteiger charge is -2.15. The van der Waals surface area contributed by atoms with Crippen LogP contribution < -0.4 is 14.2 Å². The van der Waals surface area contributed by atoms with E-state index in [4.69, 9.17) is 14.2 Å². The molecule has 0 saturated carbocycles. The normalized spacial score (nSPS) is 16.1. The molecule has 120 valence electrons. The Labute approximate surface area is 135 Å². The molecule has 1 heterocycles. The van der Waals surface area contributed by atoms with E-state index < -0.39 is 0 Å². The molecule has 1 atom stereocenters. The fraction of sp³-hybridized carbons (Fsp3) is 0.333. The lowest BCUT2D eigenvalue weighted by atomic mass is 9.96. The zero-order chi connectivity index (χ0) is 16.4. The van der Waals surface area contributed by atoms with E-state index in [0.717, 1.165) is 11.1 Å². The lowest BCUT2D eigenvalue weighted by molar-refractivity contribution is 0.0933. The zero-order valence-corrected chi connectivity index (χ0v) is 13.5. The highest BCUT2D eigenvalue weighted by Gasteiger charge is 2.36. The number of hydrogen-bond acceptors (Lipinski definition) is 5. The van der Waals surface area contributed by atoms with E-state index in [9.17, 15) is 4.79 Å². The van der Waals surface area contributed by atoms with Crippen molar-refractivity contribution in [2.75, 3.05) is 21.3 Å². The van der Waals surface area contributed by atoms with Gasteiger partial charge in [-0.05, 0) is 42.2 Å². The van der Waals surface area contributed by atoms with Gasteiger partial charge in [0.05, 0.1) is 26.9 Å². The second kappa shape index (κ2) is 6.28. The van der Waals surface area contributed by atoms with Crippen molar-refractivity contribution in [1.82, 2.24) is 4.98 Å². The van der Waals surface area contributed by atoms with Crippen LogP contribution in [0.25, 0.3) is 0 Å². The van der Waals surface area contributed by atoms with E-state index in [0.29, 0.717) is 35.7 Å². The maximum Gasteiger partial charge on any atom is 0.204 e. The highest BCUT2D eigenvalue weighted by atomic mass is 16.5.